The monoisotopic (exact) mass is 283 g/mol. The van der Waals surface area contributed by atoms with E-state index in [9.17, 15) is 0 Å². The molecule has 2 aromatic rings. The molecule has 0 atom stereocenters. The van der Waals surface area contributed by atoms with E-state index < -0.39 is 0 Å². The van der Waals surface area contributed by atoms with Gasteiger partial charge in [-0.05, 0) is 12.1 Å². The van der Waals surface area contributed by atoms with Gasteiger partial charge in [-0.25, -0.2) is 4.98 Å². The minimum Gasteiger partial charge on any atom is -0.390 e. The predicted octanol–water partition coefficient (Wildman–Crippen LogP) is 2.12. The maximum atomic E-state index is 9.04. The molecule has 0 radical (unpaired) electrons. The standard InChI is InChI=1S/C13H9N5OS/c14-5-9(6-15)17-18-12-4-2-1-3-11(12)13-16-10(7-19)8-20-13/h1-4,8,18-19H,7H2. The molecule has 7 heteroatoms. The Morgan fingerprint density at radius 3 is 2.75 bits per heavy atom. The average molecular weight is 283 g/mol. The second-order valence-electron chi connectivity index (χ2n) is 3.64. The fourth-order valence-corrected chi connectivity index (χ4v) is 2.31. The third kappa shape index (κ3) is 2.98. The highest BCUT2D eigenvalue weighted by Crippen LogP contribution is 2.30. The number of hydrazone groups is 1. The first-order valence-corrected chi connectivity index (χ1v) is 6.45. The van der Waals surface area contributed by atoms with Gasteiger partial charge in [0, 0.05) is 10.9 Å². The van der Waals surface area contributed by atoms with E-state index in [1.54, 1.807) is 29.7 Å². The molecule has 0 fully saturated rings. The Bertz CT molecular complexity index is 707. The van der Waals surface area contributed by atoms with Crippen molar-refractivity contribution in [3.05, 3.63) is 35.3 Å². The van der Waals surface area contributed by atoms with E-state index in [4.69, 9.17) is 15.6 Å². The first kappa shape index (κ1) is 13.7. The maximum Gasteiger partial charge on any atom is 0.237 e. The van der Waals surface area contributed by atoms with Crippen LogP contribution in [-0.2, 0) is 6.61 Å². The third-order valence-corrected chi connectivity index (χ3v) is 3.30. The summed E-state index contributed by atoms with van der Waals surface area (Å²) in [5, 5.41) is 32.5. The minimum absolute atomic E-state index is 0.114. The summed E-state index contributed by atoms with van der Waals surface area (Å²) in [4.78, 5) is 4.28. The third-order valence-electron chi connectivity index (χ3n) is 2.37. The van der Waals surface area contributed by atoms with Crippen molar-refractivity contribution in [2.45, 2.75) is 6.61 Å². The highest BCUT2D eigenvalue weighted by molar-refractivity contribution is 7.13. The highest BCUT2D eigenvalue weighted by Gasteiger charge is 2.09. The van der Waals surface area contributed by atoms with E-state index in [1.807, 2.05) is 12.1 Å². The normalized spacial score (nSPS) is 9.35. The number of benzene rings is 1. The van der Waals surface area contributed by atoms with Crippen LogP contribution in [-0.4, -0.2) is 15.8 Å². The molecule has 0 aliphatic heterocycles. The van der Waals surface area contributed by atoms with Gasteiger partial charge >= 0.3 is 0 Å². The second kappa shape index (κ2) is 6.43. The summed E-state index contributed by atoms with van der Waals surface area (Å²) in [5.41, 5.74) is 4.45. The smallest absolute Gasteiger partial charge is 0.237 e. The largest absolute Gasteiger partial charge is 0.390 e. The number of aliphatic hydroxyl groups excluding tert-OH is 1. The number of aliphatic hydroxyl groups is 1. The SMILES string of the molecule is N#CC(C#N)=NNc1ccccc1-c1nc(CO)cs1. The van der Waals surface area contributed by atoms with Gasteiger partial charge in [0.25, 0.3) is 0 Å². The first-order chi connectivity index (χ1) is 9.78. The van der Waals surface area contributed by atoms with Gasteiger partial charge < -0.3 is 5.11 Å². The number of hydrogen-bond donors (Lipinski definition) is 2. The van der Waals surface area contributed by atoms with Gasteiger partial charge in [-0.2, -0.15) is 15.6 Å². The van der Waals surface area contributed by atoms with E-state index in [2.05, 4.69) is 15.5 Å². The molecule has 0 aliphatic rings. The molecule has 20 heavy (non-hydrogen) atoms. The minimum atomic E-state index is -0.255. The lowest BCUT2D eigenvalue weighted by molar-refractivity contribution is 0.278. The predicted molar refractivity (Wildman–Crippen MR) is 75.8 cm³/mol. The number of aromatic nitrogens is 1. The van der Waals surface area contributed by atoms with Gasteiger partial charge in [-0.1, -0.05) is 12.1 Å². The van der Waals surface area contributed by atoms with Gasteiger partial charge in [0.05, 0.1) is 18.0 Å². The van der Waals surface area contributed by atoms with Crippen LogP contribution in [0.15, 0.2) is 34.7 Å². The van der Waals surface area contributed by atoms with E-state index in [0.29, 0.717) is 11.4 Å². The zero-order valence-electron chi connectivity index (χ0n) is 10.2. The van der Waals surface area contributed by atoms with Crippen molar-refractivity contribution in [2.75, 3.05) is 5.43 Å². The van der Waals surface area contributed by atoms with Crippen LogP contribution in [0.4, 0.5) is 5.69 Å². The molecule has 2 rings (SSSR count). The van der Waals surface area contributed by atoms with Crippen molar-refractivity contribution in [3.63, 3.8) is 0 Å². The summed E-state index contributed by atoms with van der Waals surface area (Å²) >= 11 is 1.40. The maximum absolute atomic E-state index is 9.04. The van der Waals surface area contributed by atoms with Crippen molar-refractivity contribution in [1.29, 1.82) is 10.5 Å². The van der Waals surface area contributed by atoms with Crippen LogP contribution < -0.4 is 5.43 Å². The van der Waals surface area contributed by atoms with Crippen LogP contribution in [0.2, 0.25) is 0 Å². The number of nitrogens with zero attached hydrogens (tertiary/aromatic N) is 4. The Kier molecular flexibility index (Phi) is 4.40. The lowest BCUT2D eigenvalue weighted by Gasteiger charge is -2.05. The van der Waals surface area contributed by atoms with Crippen molar-refractivity contribution < 1.29 is 5.11 Å². The Morgan fingerprint density at radius 2 is 2.10 bits per heavy atom. The Morgan fingerprint density at radius 1 is 1.35 bits per heavy atom. The quantitative estimate of drug-likeness (QED) is 0.660. The molecular weight excluding hydrogens is 274 g/mol. The lowest BCUT2D eigenvalue weighted by atomic mass is 10.2. The van der Waals surface area contributed by atoms with Crippen molar-refractivity contribution in [1.82, 2.24) is 4.98 Å². The summed E-state index contributed by atoms with van der Waals surface area (Å²) in [6, 6.07) is 10.6. The number of rotatable bonds is 4. The molecule has 1 aromatic heterocycles. The molecule has 0 spiro atoms. The fraction of sp³-hybridized carbons (Fsp3) is 0.0769. The van der Waals surface area contributed by atoms with E-state index in [-0.39, 0.29) is 12.3 Å². The van der Waals surface area contributed by atoms with Crippen LogP contribution >= 0.6 is 11.3 Å². The molecule has 2 N–H and O–H groups in total. The molecule has 0 aliphatic carbocycles. The highest BCUT2D eigenvalue weighted by atomic mass is 32.1. The van der Waals surface area contributed by atoms with Crippen LogP contribution in [0.5, 0.6) is 0 Å². The van der Waals surface area contributed by atoms with Gasteiger partial charge in [-0.15, -0.1) is 11.3 Å². The van der Waals surface area contributed by atoms with Crippen LogP contribution in [0, 0.1) is 22.7 Å². The number of hydrogen-bond acceptors (Lipinski definition) is 7. The molecular formula is C13H9N5OS. The van der Waals surface area contributed by atoms with Crippen LogP contribution in [0.1, 0.15) is 5.69 Å². The zero-order valence-corrected chi connectivity index (χ0v) is 11.1. The summed E-state index contributed by atoms with van der Waals surface area (Å²) in [6.45, 7) is -0.114. The summed E-state index contributed by atoms with van der Waals surface area (Å²) in [5.74, 6) is 0. The molecule has 0 bridgehead atoms. The first-order valence-electron chi connectivity index (χ1n) is 5.57. The van der Waals surface area contributed by atoms with Crippen LogP contribution in [0.25, 0.3) is 10.6 Å². The van der Waals surface area contributed by atoms with Gasteiger partial charge in [0.1, 0.15) is 17.1 Å². The molecule has 0 unspecified atom stereocenters. The van der Waals surface area contributed by atoms with Gasteiger partial charge in [-0.3, -0.25) is 5.43 Å². The number of thiazole rings is 1. The van der Waals surface area contributed by atoms with E-state index in [1.165, 1.54) is 11.3 Å². The molecule has 98 valence electrons. The summed E-state index contributed by atoms with van der Waals surface area (Å²) < 4.78 is 0. The van der Waals surface area contributed by atoms with Crippen molar-refractivity contribution >= 4 is 22.7 Å². The van der Waals surface area contributed by atoms with Crippen molar-refractivity contribution in [3.8, 4) is 22.7 Å². The fourth-order valence-electron chi connectivity index (χ4n) is 1.46. The molecule has 1 heterocycles. The Labute approximate surface area is 119 Å². The van der Waals surface area contributed by atoms with Crippen molar-refractivity contribution in [2.24, 2.45) is 5.10 Å². The Balaban J connectivity index is 2.34. The number of para-hydroxylation sites is 1. The van der Waals surface area contributed by atoms with Gasteiger partial charge in [0.15, 0.2) is 0 Å². The van der Waals surface area contributed by atoms with Crippen LogP contribution in [0.3, 0.4) is 0 Å². The number of nitrogens with one attached hydrogen (secondary N) is 1. The molecule has 0 amide bonds. The number of anilines is 1. The average Bonchev–Trinajstić information content (AvgIpc) is 2.97. The lowest BCUT2D eigenvalue weighted by Crippen LogP contribution is -1.97. The summed E-state index contributed by atoms with van der Waals surface area (Å²) in [7, 11) is 0. The van der Waals surface area contributed by atoms with Gasteiger partial charge in [0.2, 0.25) is 5.71 Å². The molecule has 1 aromatic carbocycles. The molecule has 0 saturated heterocycles. The van der Waals surface area contributed by atoms with E-state index >= 15 is 0 Å². The summed E-state index contributed by atoms with van der Waals surface area (Å²) in [6.07, 6.45) is 0. The Hall–Kier alpha value is -2.74. The topological polar surface area (TPSA) is 105 Å². The number of nitriles is 2. The molecule has 6 nitrogen and oxygen atoms in total. The zero-order chi connectivity index (χ0) is 14.4. The second-order valence-corrected chi connectivity index (χ2v) is 4.50. The molecule has 0 saturated carbocycles. The van der Waals surface area contributed by atoms with E-state index in [0.717, 1.165) is 10.6 Å².